The van der Waals surface area contributed by atoms with Crippen molar-refractivity contribution in [3.05, 3.63) is 0 Å². The van der Waals surface area contributed by atoms with E-state index in [1.807, 2.05) is 0 Å². The summed E-state index contributed by atoms with van der Waals surface area (Å²) in [4.78, 5) is 13.7. The van der Waals surface area contributed by atoms with Crippen LogP contribution in [0, 0.1) is 5.92 Å². The van der Waals surface area contributed by atoms with E-state index in [1.165, 1.54) is 51.6 Å². The molecule has 4 nitrogen and oxygen atoms in total. The molecule has 120 valence electrons. The van der Waals surface area contributed by atoms with E-state index in [1.54, 1.807) is 6.92 Å². The average molecular weight is 294 g/mol. The number of piperidine rings is 1. The van der Waals surface area contributed by atoms with E-state index in [0.29, 0.717) is 0 Å². The Labute approximate surface area is 128 Å². The normalized spacial score (nSPS) is 30.0. The van der Waals surface area contributed by atoms with Crippen LogP contribution in [0.4, 0.5) is 0 Å². The van der Waals surface area contributed by atoms with Gasteiger partial charge in [-0.05, 0) is 50.9 Å². The Balaban J connectivity index is 1.45. The molecule has 1 saturated carbocycles. The van der Waals surface area contributed by atoms with Gasteiger partial charge in [0, 0.05) is 39.2 Å². The molecule has 0 radical (unpaired) electrons. The molecule has 1 unspecified atom stereocenters. The maximum atomic E-state index is 11.0. The second kappa shape index (κ2) is 6.66. The van der Waals surface area contributed by atoms with Crippen molar-refractivity contribution in [1.29, 1.82) is 0 Å². The highest BCUT2D eigenvalue weighted by atomic mass is 16.5. The van der Waals surface area contributed by atoms with E-state index >= 15 is 0 Å². The number of nitrogens with one attached hydrogen (secondary N) is 1. The standard InChI is InChI=1S/C17H30N2O2/c1-14(20)18-9-5-15-6-12-21-17(13-15)7-10-19(11-8-17)16-3-2-4-16/h15-16H,2-13H2,1H3,(H,18,20). The summed E-state index contributed by atoms with van der Waals surface area (Å²) in [7, 11) is 0. The topological polar surface area (TPSA) is 41.6 Å². The Kier molecular flexibility index (Phi) is 4.85. The molecule has 4 heteroatoms. The minimum atomic E-state index is 0.0885. The fraction of sp³-hybridized carbons (Fsp3) is 0.941. The zero-order chi connectivity index (χ0) is 14.7. The predicted molar refractivity (Wildman–Crippen MR) is 83.2 cm³/mol. The van der Waals surface area contributed by atoms with E-state index in [9.17, 15) is 4.79 Å². The number of rotatable bonds is 4. The van der Waals surface area contributed by atoms with Gasteiger partial charge in [-0.3, -0.25) is 4.79 Å². The number of hydrogen-bond acceptors (Lipinski definition) is 3. The second-order valence-corrected chi connectivity index (χ2v) is 7.28. The third kappa shape index (κ3) is 3.78. The lowest BCUT2D eigenvalue weighted by molar-refractivity contribution is -0.134. The summed E-state index contributed by atoms with van der Waals surface area (Å²) in [6.07, 6.45) is 10.1. The van der Waals surface area contributed by atoms with E-state index < -0.39 is 0 Å². The maximum Gasteiger partial charge on any atom is 0.216 e. The molecule has 0 aromatic rings. The number of carbonyl (C=O) groups is 1. The summed E-state index contributed by atoms with van der Waals surface area (Å²) in [5.74, 6) is 0.812. The van der Waals surface area contributed by atoms with Crippen molar-refractivity contribution in [1.82, 2.24) is 10.2 Å². The molecule has 1 atom stereocenters. The zero-order valence-corrected chi connectivity index (χ0v) is 13.4. The molecule has 2 heterocycles. The molecule has 1 N–H and O–H groups in total. The highest BCUT2D eigenvalue weighted by Gasteiger charge is 2.41. The lowest BCUT2D eigenvalue weighted by Crippen LogP contribution is -2.53. The van der Waals surface area contributed by atoms with Gasteiger partial charge in [0.15, 0.2) is 0 Å². The molecule has 3 aliphatic rings. The first-order valence-corrected chi connectivity index (χ1v) is 8.79. The summed E-state index contributed by atoms with van der Waals surface area (Å²) in [5.41, 5.74) is 0.152. The van der Waals surface area contributed by atoms with Gasteiger partial charge in [0.05, 0.1) is 5.60 Å². The molecule has 1 aliphatic carbocycles. The van der Waals surface area contributed by atoms with Gasteiger partial charge in [0.2, 0.25) is 5.91 Å². The second-order valence-electron chi connectivity index (χ2n) is 7.28. The van der Waals surface area contributed by atoms with Crippen LogP contribution < -0.4 is 5.32 Å². The molecular weight excluding hydrogens is 264 g/mol. The van der Waals surface area contributed by atoms with Crippen molar-refractivity contribution in [3.63, 3.8) is 0 Å². The van der Waals surface area contributed by atoms with Gasteiger partial charge in [-0.2, -0.15) is 0 Å². The molecular formula is C17H30N2O2. The van der Waals surface area contributed by atoms with Gasteiger partial charge in [-0.25, -0.2) is 0 Å². The van der Waals surface area contributed by atoms with Crippen molar-refractivity contribution < 1.29 is 9.53 Å². The molecule has 0 aromatic heterocycles. The lowest BCUT2D eigenvalue weighted by Gasteiger charge is -2.49. The molecule has 1 amide bonds. The molecule has 3 fully saturated rings. The van der Waals surface area contributed by atoms with Gasteiger partial charge < -0.3 is 15.0 Å². The maximum absolute atomic E-state index is 11.0. The summed E-state index contributed by atoms with van der Waals surface area (Å²) in [6.45, 7) is 5.78. The molecule has 3 rings (SSSR count). The summed E-state index contributed by atoms with van der Waals surface area (Å²) >= 11 is 0. The number of ether oxygens (including phenoxy) is 1. The molecule has 1 spiro atoms. The quantitative estimate of drug-likeness (QED) is 0.865. The first-order chi connectivity index (χ1) is 10.2. The van der Waals surface area contributed by atoms with Crippen LogP contribution in [0.1, 0.15) is 58.3 Å². The van der Waals surface area contributed by atoms with Gasteiger partial charge in [0.1, 0.15) is 0 Å². The largest absolute Gasteiger partial charge is 0.375 e. The summed E-state index contributed by atoms with van der Waals surface area (Å²) in [6, 6.07) is 0.876. The molecule has 0 aromatic carbocycles. The van der Waals surface area contributed by atoms with Crippen molar-refractivity contribution in [2.45, 2.75) is 69.9 Å². The minimum Gasteiger partial charge on any atom is -0.375 e. The Morgan fingerprint density at radius 3 is 2.67 bits per heavy atom. The lowest BCUT2D eigenvalue weighted by atomic mass is 9.77. The first-order valence-electron chi connectivity index (χ1n) is 8.79. The van der Waals surface area contributed by atoms with Crippen molar-refractivity contribution in [2.24, 2.45) is 5.92 Å². The highest BCUT2D eigenvalue weighted by Crippen LogP contribution is 2.40. The summed E-state index contributed by atoms with van der Waals surface area (Å²) in [5, 5.41) is 2.93. The molecule has 21 heavy (non-hydrogen) atoms. The number of amides is 1. The number of likely N-dealkylation sites (tertiary alicyclic amines) is 1. The molecule has 0 bridgehead atoms. The van der Waals surface area contributed by atoms with Crippen LogP contribution in [-0.4, -0.2) is 48.7 Å². The first kappa shape index (κ1) is 15.3. The van der Waals surface area contributed by atoms with Crippen LogP contribution in [0.2, 0.25) is 0 Å². The monoisotopic (exact) mass is 294 g/mol. The van der Waals surface area contributed by atoms with Gasteiger partial charge in [-0.15, -0.1) is 0 Å². The minimum absolute atomic E-state index is 0.0885. The van der Waals surface area contributed by atoms with Gasteiger partial charge in [-0.1, -0.05) is 6.42 Å². The third-order valence-corrected chi connectivity index (χ3v) is 5.82. The Morgan fingerprint density at radius 2 is 2.05 bits per heavy atom. The Hall–Kier alpha value is -0.610. The van der Waals surface area contributed by atoms with Gasteiger partial charge >= 0.3 is 0 Å². The summed E-state index contributed by atoms with van der Waals surface area (Å²) < 4.78 is 6.23. The van der Waals surface area contributed by atoms with E-state index in [-0.39, 0.29) is 11.5 Å². The van der Waals surface area contributed by atoms with Crippen molar-refractivity contribution >= 4 is 5.91 Å². The average Bonchev–Trinajstić information content (AvgIpc) is 2.40. The molecule has 2 saturated heterocycles. The zero-order valence-electron chi connectivity index (χ0n) is 13.4. The van der Waals surface area contributed by atoms with Crippen LogP contribution >= 0.6 is 0 Å². The van der Waals surface area contributed by atoms with Gasteiger partial charge in [0.25, 0.3) is 0 Å². The van der Waals surface area contributed by atoms with Crippen LogP contribution in [0.3, 0.4) is 0 Å². The van der Waals surface area contributed by atoms with Crippen LogP contribution in [0.15, 0.2) is 0 Å². The highest BCUT2D eigenvalue weighted by molar-refractivity contribution is 5.72. The third-order valence-electron chi connectivity index (χ3n) is 5.82. The van der Waals surface area contributed by atoms with Crippen LogP contribution in [0.25, 0.3) is 0 Å². The van der Waals surface area contributed by atoms with Crippen molar-refractivity contribution in [2.75, 3.05) is 26.2 Å². The smallest absolute Gasteiger partial charge is 0.216 e. The molecule has 2 aliphatic heterocycles. The Bertz CT molecular complexity index is 360. The van der Waals surface area contributed by atoms with E-state index in [0.717, 1.165) is 38.0 Å². The number of carbonyl (C=O) groups excluding carboxylic acids is 1. The van der Waals surface area contributed by atoms with E-state index in [4.69, 9.17) is 4.74 Å². The SMILES string of the molecule is CC(=O)NCCC1CCOC2(CCN(C3CCC3)CC2)C1. The Morgan fingerprint density at radius 1 is 1.29 bits per heavy atom. The van der Waals surface area contributed by atoms with Crippen LogP contribution in [-0.2, 0) is 9.53 Å². The predicted octanol–water partition coefficient (Wildman–Crippen LogP) is 2.33. The number of nitrogens with zero attached hydrogens (tertiary/aromatic N) is 1. The van der Waals surface area contributed by atoms with Crippen molar-refractivity contribution in [3.8, 4) is 0 Å². The fourth-order valence-electron chi connectivity index (χ4n) is 4.22. The fourth-order valence-corrected chi connectivity index (χ4v) is 4.22. The van der Waals surface area contributed by atoms with Crippen LogP contribution in [0.5, 0.6) is 0 Å². The van der Waals surface area contributed by atoms with E-state index in [2.05, 4.69) is 10.2 Å². The number of hydrogen-bond donors (Lipinski definition) is 1.